The quantitative estimate of drug-likeness (QED) is 0.282. The van der Waals surface area contributed by atoms with Crippen molar-refractivity contribution in [2.45, 2.75) is 44.6 Å². The second-order valence-corrected chi connectivity index (χ2v) is 9.54. The number of nitrogens with zero attached hydrogens (tertiary/aromatic N) is 2. The van der Waals surface area contributed by atoms with Crippen molar-refractivity contribution in [1.29, 1.82) is 5.26 Å². The van der Waals surface area contributed by atoms with E-state index < -0.39 is 0 Å². The molecular formula is C22H27Cl2N3O2. The smallest absolute Gasteiger partial charge is 0.207 e. The zero-order chi connectivity index (χ0) is 20.4. The van der Waals surface area contributed by atoms with Gasteiger partial charge in [-0.1, -0.05) is 23.2 Å². The maximum atomic E-state index is 9.93. The molecule has 156 valence electrons. The average Bonchev–Trinajstić information content (AvgIpc) is 2.69. The highest BCUT2D eigenvalue weighted by molar-refractivity contribution is 6.35. The number of ether oxygens (including phenoxy) is 1. The Bertz CT molecular complexity index is 810. The van der Waals surface area contributed by atoms with Gasteiger partial charge in [-0.3, -0.25) is 0 Å². The molecule has 1 aromatic rings. The largest absolute Gasteiger partial charge is 0.492 e. The Hall–Kier alpha value is -1.48. The first-order chi connectivity index (χ1) is 14.1. The van der Waals surface area contributed by atoms with Gasteiger partial charge in [0.25, 0.3) is 0 Å². The summed E-state index contributed by atoms with van der Waals surface area (Å²) in [4.78, 5) is 4.05. The third-order valence-electron chi connectivity index (χ3n) is 7.05. The summed E-state index contributed by atoms with van der Waals surface area (Å²) in [5.74, 6) is 4.34. The fourth-order valence-electron chi connectivity index (χ4n) is 5.98. The molecule has 4 aliphatic rings. The predicted octanol–water partition coefficient (Wildman–Crippen LogP) is 4.66. The number of rotatable bonds is 7. The Kier molecular flexibility index (Phi) is 6.53. The van der Waals surface area contributed by atoms with E-state index in [1.165, 1.54) is 25.7 Å². The number of nitrogens with one attached hydrogen (secondary N) is 1. The maximum Gasteiger partial charge on any atom is 0.207 e. The molecule has 0 amide bonds. The minimum atomic E-state index is 0.271. The molecule has 4 fully saturated rings. The molecule has 29 heavy (non-hydrogen) atoms. The minimum absolute atomic E-state index is 0.271. The summed E-state index contributed by atoms with van der Waals surface area (Å²) in [5, 5.41) is 23.7. The van der Waals surface area contributed by atoms with Crippen LogP contribution in [0.1, 0.15) is 38.5 Å². The lowest BCUT2D eigenvalue weighted by Crippen LogP contribution is -2.60. The van der Waals surface area contributed by atoms with Gasteiger partial charge in [0, 0.05) is 24.1 Å². The fourth-order valence-corrected chi connectivity index (χ4v) is 6.44. The van der Waals surface area contributed by atoms with Gasteiger partial charge in [-0.15, -0.1) is 0 Å². The van der Waals surface area contributed by atoms with Crippen molar-refractivity contribution in [2.24, 2.45) is 34.6 Å². The Labute approximate surface area is 182 Å². The van der Waals surface area contributed by atoms with Gasteiger partial charge in [-0.05, 0) is 79.9 Å². The summed E-state index contributed by atoms with van der Waals surface area (Å²) in [7, 11) is 0. The average molecular weight is 436 g/mol. The molecule has 4 bridgehead atoms. The van der Waals surface area contributed by atoms with Gasteiger partial charge in [0.05, 0.1) is 11.6 Å². The van der Waals surface area contributed by atoms with Gasteiger partial charge >= 0.3 is 0 Å². The van der Waals surface area contributed by atoms with Gasteiger partial charge in [0.2, 0.25) is 6.19 Å². The normalized spacial score (nSPS) is 32.8. The molecule has 0 aromatic heterocycles. The van der Waals surface area contributed by atoms with Crippen molar-refractivity contribution < 1.29 is 9.84 Å². The van der Waals surface area contributed by atoms with Crippen LogP contribution < -0.4 is 10.1 Å². The van der Waals surface area contributed by atoms with Crippen molar-refractivity contribution in [3.8, 4) is 11.9 Å². The van der Waals surface area contributed by atoms with Crippen LogP contribution in [-0.2, 0) is 0 Å². The van der Waals surface area contributed by atoms with E-state index in [0.717, 1.165) is 18.2 Å². The van der Waals surface area contributed by atoms with Crippen LogP contribution in [0.25, 0.3) is 0 Å². The molecule has 0 radical (unpaired) electrons. The van der Waals surface area contributed by atoms with Crippen LogP contribution in [0.4, 0.5) is 0 Å². The highest BCUT2D eigenvalue weighted by atomic mass is 35.5. The molecule has 0 heterocycles. The van der Waals surface area contributed by atoms with Gasteiger partial charge < -0.3 is 15.2 Å². The monoisotopic (exact) mass is 435 g/mol. The second-order valence-electron chi connectivity index (χ2n) is 8.69. The molecule has 6 unspecified atom stereocenters. The molecule has 5 nitrogen and oxygen atoms in total. The summed E-state index contributed by atoms with van der Waals surface area (Å²) in [5.41, 5.74) is 0. The van der Waals surface area contributed by atoms with Crippen LogP contribution in [0.2, 0.25) is 10.0 Å². The topological polar surface area (TPSA) is 77.6 Å². The third-order valence-corrected chi connectivity index (χ3v) is 7.58. The molecule has 5 rings (SSSR count). The highest BCUT2D eigenvalue weighted by Gasteiger charge is 2.53. The van der Waals surface area contributed by atoms with Gasteiger partial charge in [-0.2, -0.15) is 10.3 Å². The predicted molar refractivity (Wildman–Crippen MR) is 114 cm³/mol. The van der Waals surface area contributed by atoms with E-state index >= 15 is 0 Å². The number of nitriles is 1. The molecule has 0 spiro atoms. The first-order valence-corrected chi connectivity index (χ1v) is 11.3. The van der Waals surface area contributed by atoms with Gasteiger partial charge in [0.1, 0.15) is 11.6 Å². The Morgan fingerprint density at radius 1 is 1.24 bits per heavy atom. The number of hydrogen-bond acceptors (Lipinski definition) is 4. The number of aliphatic hydroxyl groups is 1. The summed E-state index contributed by atoms with van der Waals surface area (Å²) >= 11 is 12.0. The Balaban J connectivity index is 1.33. The van der Waals surface area contributed by atoms with Crippen LogP contribution in [0, 0.1) is 41.0 Å². The lowest BCUT2D eigenvalue weighted by Gasteiger charge is -2.58. The van der Waals surface area contributed by atoms with E-state index in [2.05, 4.69) is 10.3 Å². The first-order valence-electron chi connectivity index (χ1n) is 10.5. The number of benzene rings is 1. The van der Waals surface area contributed by atoms with E-state index in [4.69, 9.17) is 33.2 Å². The van der Waals surface area contributed by atoms with Crippen molar-refractivity contribution in [3.05, 3.63) is 28.2 Å². The summed E-state index contributed by atoms with van der Waals surface area (Å²) in [6.07, 6.45) is 8.24. The molecule has 1 aromatic carbocycles. The molecule has 7 heteroatoms. The van der Waals surface area contributed by atoms with Crippen molar-refractivity contribution in [2.75, 3.05) is 13.2 Å². The molecule has 2 N–H and O–H groups in total. The Morgan fingerprint density at radius 2 is 2.07 bits per heavy atom. The van der Waals surface area contributed by atoms with E-state index in [-0.39, 0.29) is 6.61 Å². The van der Waals surface area contributed by atoms with E-state index in [9.17, 15) is 5.11 Å². The molecule has 4 aliphatic carbocycles. The van der Waals surface area contributed by atoms with E-state index in [1.54, 1.807) is 18.2 Å². The van der Waals surface area contributed by atoms with Crippen LogP contribution in [0.3, 0.4) is 0 Å². The lowest BCUT2D eigenvalue weighted by molar-refractivity contribution is -0.0768. The molecular weight excluding hydrogens is 409 g/mol. The number of halogens is 2. The summed E-state index contributed by atoms with van der Waals surface area (Å²) in [6, 6.07) is 5.49. The SMILES string of the molecule is N#C/N=C(/CCCOc1ccc(Cl)cc1Cl)NC1C2CC3CC(C2)C(CO)C1C3. The van der Waals surface area contributed by atoms with Crippen molar-refractivity contribution >= 4 is 29.0 Å². The van der Waals surface area contributed by atoms with Crippen LogP contribution in [-0.4, -0.2) is 30.2 Å². The first kappa shape index (κ1) is 20.8. The maximum absolute atomic E-state index is 9.93. The van der Waals surface area contributed by atoms with E-state index in [0.29, 0.717) is 58.5 Å². The van der Waals surface area contributed by atoms with E-state index in [1.807, 2.05) is 6.19 Å². The van der Waals surface area contributed by atoms with Gasteiger partial charge in [-0.25, -0.2) is 0 Å². The lowest BCUT2D eigenvalue weighted by atomic mass is 9.50. The minimum Gasteiger partial charge on any atom is -0.492 e. The number of hydrogen-bond donors (Lipinski definition) is 2. The van der Waals surface area contributed by atoms with Crippen molar-refractivity contribution in [1.82, 2.24) is 5.32 Å². The summed E-state index contributed by atoms with van der Waals surface area (Å²) in [6.45, 7) is 0.752. The number of amidine groups is 1. The van der Waals surface area contributed by atoms with Crippen LogP contribution >= 0.6 is 23.2 Å². The Morgan fingerprint density at radius 3 is 2.83 bits per heavy atom. The fraction of sp³-hybridized carbons (Fsp3) is 0.636. The molecule has 4 saturated carbocycles. The molecule has 0 aliphatic heterocycles. The number of aliphatic hydroxyl groups excluding tert-OH is 1. The zero-order valence-corrected chi connectivity index (χ0v) is 17.9. The molecule has 6 atom stereocenters. The number of aliphatic imine (C=N–C) groups is 1. The molecule has 0 saturated heterocycles. The third kappa shape index (κ3) is 4.50. The van der Waals surface area contributed by atoms with Crippen LogP contribution in [0.5, 0.6) is 5.75 Å². The second kappa shape index (κ2) is 9.12. The standard InChI is InChI=1S/C22H27Cl2N3O2/c23-16-3-4-20(19(24)10-16)29-5-1-2-21(26-12-25)27-22-15-7-13-6-14(9-15)18(11-28)17(22)8-13/h3-4,10,13-15,17-18,22,28H,1-2,5-9,11H2,(H,26,27). The zero-order valence-electron chi connectivity index (χ0n) is 16.4. The summed E-state index contributed by atoms with van der Waals surface area (Å²) < 4.78 is 5.75. The van der Waals surface area contributed by atoms with Crippen LogP contribution in [0.15, 0.2) is 23.2 Å². The highest BCUT2D eigenvalue weighted by Crippen LogP contribution is 2.56. The van der Waals surface area contributed by atoms with Crippen molar-refractivity contribution in [3.63, 3.8) is 0 Å². The van der Waals surface area contributed by atoms with Gasteiger partial charge in [0.15, 0.2) is 0 Å².